The highest BCUT2D eigenvalue weighted by Gasteiger charge is 1.96. The van der Waals surface area contributed by atoms with Crippen LogP contribution in [0.5, 0.6) is 0 Å². The van der Waals surface area contributed by atoms with Gasteiger partial charge in [0.2, 0.25) is 0 Å². The summed E-state index contributed by atoms with van der Waals surface area (Å²) in [5.41, 5.74) is -0.894. The molecule has 0 saturated carbocycles. The number of hydrogen-bond donors (Lipinski definition) is 1. The first-order valence-corrected chi connectivity index (χ1v) is 2.92. The Morgan fingerprint density at radius 3 is 2.14 bits per heavy atom. The molecule has 0 saturated heterocycles. The van der Waals surface area contributed by atoms with Crippen molar-refractivity contribution < 1.29 is 13.2 Å². The Morgan fingerprint density at radius 1 is 1.71 bits per heavy atom. The Labute approximate surface area is 44.2 Å². The van der Waals surface area contributed by atoms with Gasteiger partial charge in [-0.05, 0) is 6.92 Å². The number of rotatable bonds is 2. The Hall–Kier alpha value is -0.0900. The molecular weight excluding hydrogens is 116 g/mol. The van der Waals surface area contributed by atoms with Crippen LogP contribution in [-0.4, -0.2) is 21.0 Å². The van der Waals surface area contributed by atoms with Crippen LogP contribution in [0.1, 0.15) is 0 Å². The third-order valence-corrected chi connectivity index (χ3v) is 1.19. The van der Waals surface area contributed by atoms with Crippen molar-refractivity contribution >= 4 is 10.7 Å². The van der Waals surface area contributed by atoms with Gasteiger partial charge in [-0.3, -0.25) is 0 Å². The summed E-state index contributed by atoms with van der Waals surface area (Å²) in [6, 6.07) is 0. The molecule has 1 radical (unpaired) electrons. The molecule has 43 valence electrons. The Morgan fingerprint density at radius 2 is 2.14 bits per heavy atom. The highest BCUT2D eigenvalue weighted by Crippen LogP contribution is 1.82. The lowest BCUT2D eigenvalue weighted by Crippen LogP contribution is -2.05. The molecule has 4 heteroatoms. The quantitative estimate of drug-likeness (QED) is 0.499. The molecule has 0 aliphatic rings. The number of hydrogen-bond acceptors (Lipinski definition) is 3. The molecule has 0 heterocycles. The molecule has 0 amide bonds. The van der Waals surface area contributed by atoms with Gasteiger partial charge >= 0.3 is 0 Å². The van der Waals surface area contributed by atoms with E-state index in [0.29, 0.717) is 0 Å². The lowest BCUT2D eigenvalue weighted by Gasteiger charge is -1.94. The SMILES string of the molecule is [CH2]C(OC)[SH](=O)=O. The van der Waals surface area contributed by atoms with Gasteiger partial charge in [-0.1, -0.05) is 0 Å². The number of ether oxygens (including phenoxy) is 1. The summed E-state index contributed by atoms with van der Waals surface area (Å²) in [7, 11) is -1.20. The minimum absolute atomic E-state index is 0.894. The van der Waals surface area contributed by atoms with Crippen LogP contribution < -0.4 is 0 Å². The molecule has 1 atom stereocenters. The fourth-order valence-electron chi connectivity index (χ4n) is 0.0861. The zero-order valence-corrected chi connectivity index (χ0v) is 4.85. The third-order valence-electron chi connectivity index (χ3n) is 0.507. The fourth-order valence-corrected chi connectivity index (χ4v) is 0.258. The van der Waals surface area contributed by atoms with Crippen LogP contribution in [0.2, 0.25) is 0 Å². The summed E-state index contributed by atoms with van der Waals surface area (Å²) in [5, 5.41) is 0. The average molecular weight is 123 g/mol. The first kappa shape index (κ1) is 6.91. The topological polar surface area (TPSA) is 43.4 Å². The minimum atomic E-state index is -2.50. The molecule has 0 aliphatic carbocycles. The van der Waals surface area contributed by atoms with Gasteiger partial charge in [-0.25, -0.2) is 8.42 Å². The molecule has 0 aliphatic heterocycles. The summed E-state index contributed by atoms with van der Waals surface area (Å²) in [6.45, 7) is 3.14. The molecule has 7 heavy (non-hydrogen) atoms. The maximum Gasteiger partial charge on any atom is 0.167 e. The lowest BCUT2D eigenvalue weighted by molar-refractivity contribution is 0.199. The van der Waals surface area contributed by atoms with Crippen LogP contribution in [0.3, 0.4) is 0 Å². The van der Waals surface area contributed by atoms with E-state index in [2.05, 4.69) is 11.7 Å². The van der Waals surface area contributed by atoms with E-state index in [1.807, 2.05) is 0 Å². The van der Waals surface area contributed by atoms with E-state index in [1.165, 1.54) is 7.11 Å². The van der Waals surface area contributed by atoms with Crippen molar-refractivity contribution in [1.82, 2.24) is 0 Å². The second-order valence-electron chi connectivity index (χ2n) is 0.976. The average Bonchev–Trinajstić information content (AvgIpc) is 1.65. The fraction of sp³-hybridized carbons (Fsp3) is 0.667. The largest absolute Gasteiger partial charge is 0.366 e. The zero-order valence-electron chi connectivity index (χ0n) is 3.96. The molecule has 0 fully saturated rings. The summed E-state index contributed by atoms with van der Waals surface area (Å²) in [5.74, 6) is 0. The van der Waals surface area contributed by atoms with E-state index < -0.39 is 16.1 Å². The molecule has 1 unspecified atom stereocenters. The lowest BCUT2D eigenvalue weighted by atomic mass is 10.9. The van der Waals surface area contributed by atoms with Gasteiger partial charge in [0.05, 0.1) is 0 Å². The van der Waals surface area contributed by atoms with Crippen LogP contribution in [0, 0.1) is 6.92 Å². The first-order valence-electron chi connectivity index (χ1n) is 1.68. The molecular formula is C3H7O3S. The van der Waals surface area contributed by atoms with Crippen molar-refractivity contribution in [2.75, 3.05) is 7.11 Å². The van der Waals surface area contributed by atoms with Crippen LogP contribution in [0.4, 0.5) is 0 Å². The summed E-state index contributed by atoms with van der Waals surface area (Å²) >= 11 is 0. The van der Waals surface area contributed by atoms with Crippen molar-refractivity contribution in [3.05, 3.63) is 6.92 Å². The molecule has 0 N–H and O–H groups in total. The standard InChI is InChI=1S/C3H7O3S/c1-3(6-2)7(4)5/h3,7H,1H2,2H3. The predicted octanol–water partition coefficient (Wildman–Crippen LogP) is -0.596. The zero-order chi connectivity index (χ0) is 5.86. The van der Waals surface area contributed by atoms with Gasteiger partial charge in [0.1, 0.15) is 0 Å². The minimum Gasteiger partial charge on any atom is -0.366 e. The van der Waals surface area contributed by atoms with E-state index in [-0.39, 0.29) is 0 Å². The molecule has 0 aromatic rings. The van der Waals surface area contributed by atoms with Gasteiger partial charge < -0.3 is 4.74 Å². The van der Waals surface area contributed by atoms with Crippen LogP contribution in [0.25, 0.3) is 0 Å². The van der Waals surface area contributed by atoms with Crippen LogP contribution in [0.15, 0.2) is 0 Å². The summed E-state index contributed by atoms with van der Waals surface area (Å²) in [4.78, 5) is 0. The van der Waals surface area contributed by atoms with E-state index >= 15 is 0 Å². The summed E-state index contributed by atoms with van der Waals surface area (Å²) < 4.78 is 23.9. The molecule has 0 aromatic heterocycles. The smallest absolute Gasteiger partial charge is 0.167 e. The Kier molecular flexibility index (Phi) is 2.95. The van der Waals surface area contributed by atoms with E-state index in [1.54, 1.807) is 0 Å². The van der Waals surface area contributed by atoms with Gasteiger partial charge in [0.15, 0.2) is 16.1 Å². The van der Waals surface area contributed by atoms with Gasteiger partial charge in [0, 0.05) is 7.11 Å². The number of thiol groups is 1. The summed E-state index contributed by atoms with van der Waals surface area (Å²) in [6.07, 6.45) is 0. The van der Waals surface area contributed by atoms with Gasteiger partial charge in [0.25, 0.3) is 0 Å². The Balaban J connectivity index is 3.57. The predicted molar refractivity (Wildman–Crippen MR) is 26.5 cm³/mol. The number of methoxy groups -OCH3 is 1. The molecule has 0 spiro atoms. The highest BCUT2D eigenvalue weighted by atomic mass is 32.2. The van der Waals surface area contributed by atoms with Crippen LogP contribution >= 0.6 is 0 Å². The van der Waals surface area contributed by atoms with Crippen molar-refractivity contribution in [2.24, 2.45) is 0 Å². The van der Waals surface area contributed by atoms with Crippen molar-refractivity contribution in [3.8, 4) is 0 Å². The molecule has 0 rings (SSSR count). The second kappa shape index (κ2) is 2.98. The third kappa shape index (κ3) is 2.59. The van der Waals surface area contributed by atoms with Crippen molar-refractivity contribution in [1.29, 1.82) is 0 Å². The van der Waals surface area contributed by atoms with Gasteiger partial charge in [-0.2, -0.15) is 0 Å². The maximum absolute atomic E-state index is 9.78. The monoisotopic (exact) mass is 123 g/mol. The van der Waals surface area contributed by atoms with E-state index in [9.17, 15) is 8.42 Å². The highest BCUT2D eigenvalue weighted by molar-refractivity contribution is 7.73. The maximum atomic E-state index is 9.78. The van der Waals surface area contributed by atoms with Crippen molar-refractivity contribution in [2.45, 2.75) is 5.44 Å². The second-order valence-corrected chi connectivity index (χ2v) is 2.12. The molecule has 0 bridgehead atoms. The van der Waals surface area contributed by atoms with E-state index in [4.69, 9.17) is 0 Å². The molecule has 3 nitrogen and oxygen atoms in total. The molecule has 0 aromatic carbocycles. The van der Waals surface area contributed by atoms with Crippen LogP contribution in [-0.2, 0) is 15.4 Å². The first-order chi connectivity index (χ1) is 3.18. The normalized spacial score (nSPS) is 14.7. The Bertz CT molecular complexity index is 98.7. The van der Waals surface area contributed by atoms with Crippen molar-refractivity contribution in [3.63, 3.8) is 0 Å². The van der Waals surface area contributed by atoms with Gasteiger partial charge in [-0.15, -0.1) is 0 Å². The van der Waals surface area contributed by atoms with E-state index in [0.717, 1.165) is 0 Å².